The van der Waals surface area contributed by atoms with Crippen LogP contribution in [-0.2, 0) is 19.6 Å². The SMILES string of the molecule is CCn1c(=O)c2c(nc(C(C)C)n2Cc2ccc(OC)c(Br)c2)n(CCO)c1=O. The predicted octanol–water partition coefficient (Wildman–Crippen LogP) is 2.31. The number of ether oxygens (including phenoxy) is 1. The number of rotatable bonds is 7. The zero-order valence-electron chi connectivity index (χ0n) is 17.0. The van der Waals surface area contributed by atoms with Crippen molar-refractivity contribution in [2.75, 3.05) is 13.7 Å². The summed E-state index contributed by atoms with van der Waals surface area (Å²) in [4.78, 5) is 30.5. The summed E-state index contributed by atoms with van der Waals surface area (Å²) in [6.45, 7) is 6.27. The van der Waals surface area contributed by atoms with Crippen LogP contribution in [0.5, 0.6) is 5.75 Å². The quantitative estimate of drug-likeness (QED) is 0.579. The molecule has 0 radical (unpaired) electrons. The van der Waals surface area contributed by atoms with E-state index in [2.05, 4.69) is 20.9 Å². The van der Waals surface area contributed by atoms with Gasteiger partial charge in [0.2, 0.25) is 0 Å². The molecule has 2 aromatic heterocycles. The van der Waals surface area contributed by atoms with Gasteiger partial charge in [-0.15, -0.1) is 0 Å². The first-order valence-electron chi connectivity index (χ1n) is 9.51. The van der Waals surface area contributed by atoms with E-state index in [4.69, 9.17) is 4.74 Å². The summed E-state index contributed by atoms with van der Waals surface area (Å²) in [5.74, 6) is 1.47. The molecule has 0 atom stereocenters. The van der Waals surface area contributed by atoms with Gasteiger partial charge >= 0.3 is 5.69 Å². The number of hydrogen-bond acceptors (Lipinski definition) is 5. The first-order valence-corrected chi connectivity index (χ1v) is 10.3. The number of benzene rings is 1. The van der Waals surface area contributed by atoms with Gasteiger partial charge < -0.3 is 14.4 Å². The average Bonchev–Trinajstić information content (AvgIpc) is 3.05. The summed E-state index contributed by atoms with van der Waals surface area (Å²) in [6, 6.07) is 5.73. The van der Waals surface area contributed by atoms with Crippen molar-refractivity contribution in [3.63, 3.8) is 0 Å². The van der Waals surface area contributed by atoms with E-state index in [0.717, 1.165) is 15.8 Å². The van der Waals surface area contributed by atoms with Crippen molar-refractivity contribution >= 4 is 27.1 Å². The summed E-state index contributed by atoms with van der Waals surface area (Å²) in [6.07, 6.45) is 0. The molecule has 9 heteroatoms. The van der Waals surface area contributed by atoms with Crippen LogP contribution in [0.2, 0.25) is 0 Å². The fourth-order valence-electron chi connectivity index (χ4n) is 3.48. The fourth-order valence-corrected chi connectivity index (χ4v) is 4.07. The summed E-state index contributed by atoms with van der Waals surface area (Å²) < 4.78 is 10.5. The van der Waals surface area contributed by atoms with Crippen LogP contribution in [0.3, 0.4) is 0 Å². The number of fused-ring (bicyclic) bond motifs is 1. The van der Waals surface area contributed by atoms with Crippen molar-refractivity contribution in [3.05, 3.63) is 54.9 Å². The predicted molar refractivity (Wildman–Crippen MR) is 115 cm³/mol. The van der Waals surface area contributed by atoms with Crippen molar-refractivity contribution in [1.29, 1.82) is 0 Å². The number of hydrogen-bond donors (Lipinski definition) is 1. The molecule has 0 amide bonds. The number of methoxy groups -OCH3 is 1. The van der Waals surface area contributed by atoms with E-state index in [1.165, 1.54) is 9.13 Å². The molecule has 0 aliphatic carbocycles. The molecule has 0 aliphatic heterocycles. The highest BCUT2D eigenvalue weighted by molar-refractivity contribution is 9.10. The van der Waals surface area contributed by atoms with E-state index >= 15 is 0 Å². The van der Waals surface area contributed by atoms with Crippen LogP contribution in [0.4, 0.5) is 0 Å². The number of aliphatic hydroxyl groups is 1. The van der Waals surface area contributed by atoms with Gasteiger partial charge in [0.25, 0.3) is 5.56 Å². The normalized spacial score (nSPS) is 11.6. The largest absolute Gasteiger partial charge is 0.496 e. The summed E-state index contributed by atoms with van der Waals surface area (Å²) in [5.41, 5.74) is 0.826. The molecular weight excluding hydrogens is 440 g/mol. The minimum atomic E-state index is -0.453. The Morgan fingerprint density at radius 1 is 1.21 bits per heavy atom. The Balaban J connectivity index is 2.31. The summed E-state index contributed by atoms with van der Waals surface area (Å²) in [5, 5.41) is 9.44. The van der Waals surface area contributed by atoms with E-state index < -0.39 is 5.69 Å². The lowest BCUT2D eigenvalue weighted by Gasteiger charge is -2.13. The number of halogens is 1. The van der Waals surface area contributed by atoms with Gasteiger partial charge in [-0.05, 0) is 40.5 Å². The Morgan fingerprint density at radius 3 is 2.48 bits per heavy atom. The maximum atomic E-state index is 13.1. The maximum Gasteiger partial charge on any atom is 0.332 e. The molecule has 0 spiro atoms. The molecule has 0 fully saturated rings. The lowest BCUT2D eigenvalue weighted by atomic mass is 10.2. The minimum Gasteiger partial charge on any atom is -0.496 e. The Hall–Kier alpha value is -2.39. The molecule has 0 saturated carbocycles. The number of aromatic nitrogens is 4. The monoisotopic (exact) mass is 464 g/mol. The molecule has 3 aromatic rings. The highest BCUT2D eigenvalue weighted by Gasteiger charge is 2.22. The van der Waals surface area contributed by atoms with Crippen LogP contribution in [0.1, 0.15) is 38.1 Å². The Morgan fingerprint density at radius 2 is 1.93 bits per heavy atom. The second-order valence-electron chi connectivity index (χ2n) is 7.06. The third-order valence-electron chi connectivity index (χ3n) is 4.86. The summed E-state index contributed by atoms with van der Waals surface area (Å²) in [7, 11) is 1.60. The molecule has 3 rings (SSSR count). The lowest BCUT2D eigenvalue weighted by molar-refractivity contribution is 0.274. The third-order valence-corrected chi connectivity index (χ3v) is 5.48. The van der Waals surface area contributed by atoms with Gasteiger partial charge in [-0.2, -0.15) is 0 Å². The van der Waals surface area contributed by atoms with Crippen molar-refractivity contribution in [2.24, 2.45) is 0 Å². The van der Waals surface area contributed by atoms with E-state index in [-0.39, 0.29) is 31.2 Å². The molecular formula is C20H25BrN4O4. The van der Waals surface area contributed by atoms with E-state index in [0.29, 0.717) is 23.5 Å². The van der Waals surface area contributed by atoms with Gasteiger partial charge in [-0.1, -0.05) is 19.9 Å². The highest BCUT2D eigenvalue weighted by atomic mass is 79.9. The van der Waals surface area contributed by atoms with Crippen LogP contribution in [0, 0.1) is 0 Å². The molecule has 0 aliphatic rings. The fraction of sp³-hybridized carbons (Fsp3) is 0.450. The Bertz CT molecular complexity index is 1160. The van der Waals surface area contributed by atoms with Gasteiger partial charge in [-0.25, -0.2) is 9.78 Å². The molecule has 0 unspecified atom stereocenters. The van der Waals surface area contributed by atoms with Crippen molar-refractivity contribution in [3.8, 4) is 5.75 Å². The van der Waals surface area contributed by atoms with Crippen LogP contribution in [0.25, 0.3) is 11.2 Å². The molecule has 1 N–H and O–H groups in total. The lowest BCUT2D eigenvalue weighted by Crippen LogP contribution is -2.40. The highest BCUT2D eigenvalue weighted by Crippen LogP contribution is 2.27. The topological polar surface area (TPSA) is 91.3 Å². The maximum absolute atomic E-state index is 13.1. The van der Waals surface area contributed by atoms with E-state index in [1.807, 2.05) is 36.6 Å². The van der Waals surface area contributed by atoms with Gasteiger partial charge in [0.05, 0.1) is 24.7 Å². The first kappa shape index (κ1) is 21.3. The summed E-state index contributed by atoms with van der Waals surface area (Å²) >= 11 is 3.50. The van der Waals surface area contributed by atoms with Gasteiger partial charge in [0.1, 0.15) is 11.6 Å². The van der Waals surface area contributed by atoms with E-state index in [9.17, 15) is 14.7 Å². The molecule has 0 saturated heterocycles. The van der Waals surface area contributed by atoms with Gasteiger partial charge in [0, 0.05) is 19.0 Å². The second-order valence-corrected chi connectivity index (χ2v) is 7.91. The molecule has 29 heavy (non-hydrogen) atoms. The minimum absolute atomic E-state index is 0.0382. The molecule has 1 aromatic carbocycles. The number of nitrogens with zero attached hydrogens (tertiary/aromatic N) is 4. The standard InChI is InChI=1S/C20H25BrN4O4/c1-5-23-19(27)16-18(24(8-9-26)20(23)28)22-17(12(2)3)25(16)11-13-6-7-15(29-4)14(21)10-13/h6-7,10,12,26H,5,8-9,11H2,1-4H3. The smallest absolute Gasteiger partial charge is 0.332 e. The van der Waals surface area contributed by atoms with Crippen LogP contribution < -0.4 is 16.0 Å². The third kappa shape index (κ3) is 3.76. The molecule has 156 valence electrons. The Kier molecular flexibility index (Phi) is 6.28. The Labute approximate surface area is 176 Å². The molecule has 2 heterocycles. The van der Waals surface area contributed by atoms with Crippen LogP contribution in [0.15, 0.2) is 32.3 Å². The van der Waals surface area contributed by atoms with Gasteiger partial charge in [0.15, 0.2) is 11.2 Å². The zero-order chi connectivity index (χ0) is 21.3. The molecule has 8 nitrogen and oxygen atoms in total. The molecule has 0 bridgehead atoms. The van der Waals surface area contributed by atoms with Crippen LogP contribution in [-0.4, -0.2) is 37.5 Å². The van der Waals surface area contributed by atoms with Gasteiger partial charge in [-0.3, -0.25) is 13.9 Å². The second kappa shape index (κ2) is 8.54. The first-order chi connectivity index (χ1) is 13.8. The average molecular weight is 465 g/mol. The van der Waals surface area contributed by atoms with Crippen molar-refractivity contribution in [1.82, 2.24) is 18.7 Å². The number of imidazole rings is 1. The van der Waals surface area contributed by atoms with Crippen molar-refractivity contribution in [2.45, 2.75) is 46.3 Å². The van der Waals surface area contributed by atoms with Crippen LogP contribution >= 0.6 is 15.9 Å². The zero-order valence-corrected chi connectivity index (χ0v) is 18.6. The number of aliphatic hydroxyl groups excluding tert-OH is 1. The van der Waals surface area contributed by atoms with E-state index in [1.54, 1.807) is 14.0 Å². The van der Waals surface area contributed by atoms with Crippen molar-refractivity contribution < 1.29 is 9.84 Å².